The van der Waals surface area contributed by atoms with Gasteiger partial charge in [0.1, 0.15) is 0 Å². The van der Waals surface area contributed by atoms with Crippen LogP contribution in [0.5, 0.6) is 0 Å². The van der Waals surface area contributed by atoms with E-state index in [9.17, 15) is 0 Å². The fourth-order valence-electron chi connectivity index (χ4n) is 2.46. The summed E-state index contributed by atoms with van der Waals surface area (Å²) in [6.07, 6.45) is 0. The predicted molar refractivity (Wildman–Crippen MR) is 85.0 cm³/mol. The minimum Gasteiger partial charge on any atom is -0.314 e. The predicted octanol–water partition coefficient (Wildman–Crippen LogP) is 4.68. The lowest BCUT2D eigenvalue weighted by atomic mass is 9.86. The molecule has 0 radical (unpaired) electrons. The first-order chi connectivity index (χ1) is 9.11. The molecule has 1 N–H and O–H groups in total. The van der Waals surface area contributed by atoms with Gasteiger partial charge in [-0.25, -0.2) is 0 Å². The van der Waals surface area contributed by atoms with Crippen LogP contribution in [0.4, 0.5) is 0 Å². The first kappa shape index (κ1) is 14.1. The van der Waals surface area contributed by atoms with Crippen LogP contribution in [-0.2, 0) is 0 Å². The van der Waals surface area contributed by atoms with Gasteiger partial charge in [0.15, 0.2) is 0 Å². The molecule has 1 heteroatoms. The first-order valence-corrected chi connectivity index (χ1v) is 7.33. The molecule has 0 aromatic heterocycles. The average molecular weight is 255 g/mol. The monoisotopic (exact) mass is 255 g/mol. The van der Waals surface area contributed by atoms with Crippen LogP contribution in [0, 0.1) is 0 Å². The van der Waals surface area contributed by atoms with Gasteiger partial charge >= 0.3 is 0 Å². The highest BCUT2D eigenvalue weighted by Gasteiger charge is 2.12. The molecule has 0 saturated carbocycles. The van der Waals surface area contributed by atoms with Gasteiger partial charge in [-0.15, -0.1) is 0 Å². The quantitative estimate of drug-likeness (QED) is 0.773. The SMILES string of the molecule is C1CN1.CC(C)c1ccc2ccccc2c1C(C)C. The van der Waals surface area contributed by atoms with E-state index in [4.69, 9.17) is 0 Å². The lowest BCUT2D eigenvalue weighted by Gasteiger charge is -2.18. The zero-order valence-corrected chi connectivity index (χ0v) is 12.5. The maximum Gasteiger partial charge on any atom is 0.00772 e. The first-order valence-electron chi connectivity index (χ1n) is 7.33. The highest BCUT2D eigenvalue weighted by Crippen LogP contribution is 2.32. The topological polar surface area (TPSA) is 21.9 Å². The molecule has 3 rings (SSSR count). The third kappa shape index (κ3) is 3.57. The Hall–Kier alpha value is -1.34. The highest BCUT2D eigenvalue weighted by molar-refractivity contribution is 5.87. The van der Waals surface area contributed by atoms with E-state index in [1.165, 1.54) is 35.0 Å². The third-order valence-electron chi connectivity index (χ3n) is 3.45. The second kappa shape index (κ2) is 6.21. The molecule has 1 fully saturated rings. The van der Waals surface area contributed by atoms with E-state index in [2.05, 4.69) is 69.4 Å². The number of rotatable bonds is 2. The van der Waals surface area contributed by atoms with Crippen molar-refractivity contribution in [1.29, 1.82) is 0 Å². The van der Waals surface area contributed by atoms with Gasteiger partial charge in [-0.1, -0.05) is 64.1 Å². The summed E-state index contributed by atoms with van der Waals surface area (Å²) in [6, 6.07) is 13.2. The summed E-state index contributed by atoms with van der Waals surface area (Å²) in [5.41, 5.74) is 3.02. The number of nitrogens with one attached hydrogen (secondary N) is 1. The van der Waals surface area contributed by atoms with Gasteiger partial charge in [-0.3, -0.25) is 0 Å². The van der Waals surface area contributed by atoms with Crippen molar-refractivity contribution >= 4 is 10.8 Å². The minimum atomic E-state index is 0.587. The number of hydrogen-bond donors (Lipinski definition) is 1. The normalized spacial score (nSPS) is 13.6. The smallest absolute Gasteiger partial charge is 0.00772 e. The Morgan fingerprint density at radius 2 is 1.47 bits per heavy atom. The standard InChI is InChI=1S/C16H20.C2H5N/c1-11(2)14-10-9-13-7-5-6-8-15(13)16(14)12(3)4;1-2-3-1/h5-12H,1-4H3;3H,1-2H2. The molecule has 1 heterocycles. The summed E-state index contributed by atoms with van der Waals surface area (Å²) < 4.78 is 0. The number of hydrogen-bond acceptors (Lipinski definition) is 1. The van der Waals surface area contributed by atoms with Crippen LogP contribution in [0.15, 0.2) is 36.4 Å². The van der Waals surface area contributed by atoms with Crippen molar-refractivity contribution in [2.24, 2.45) is 0 Å². The van der Waals surface area contributed by atoms with Crippen LogP contribution in [0.2, 0.25) is 0 Å². The molecule has 19 heavy (non-hydrogen) atoms. The summed E-state index contributed by atoms with van der Waals surface area (Å²) in [4.78, 5) is 0. The lowest BCUT2D eigenvalue weighted by molar-refractivity contribution is 0.798. The summed E-state index contributed by atoms with van der Waals surface area (Å²) in [5, 5.41) is 5.78. The number of fused-ring (bicyclic) bond motifs is 1. The maximum atomic E-state index is 3.00. The largest absolute Gasteiger partial charge is 0.314 e. The van der Waals surface area contributed by atoms with Crippen molar-refractivity contribution in [3.05, 3.63) is 47.5 Å². The fraction of sp³-hybridized carbons (Fsp3) is 0.444. The maximum absolute atomic E-state index is 3.00. The van der Waals surface area contributed by atoms with Gasteiger partial charge in [0.2, 0.25) is 0 Å². The van der Waals surface area contributed by atoms with E-state index in [0.29, 0.717) is 11.8 Å². The Bertz CT molecular complexity index is 536. The molecule has 2 aromatic rings. The van der Waals surface area contributed by atoms with Gasteiger partial charge in [0.25, 0.3) is 0 Å². The molecule has 0 atom stereocenters. The van der Waals surface area contributed by atoms with Crippen molar-refractivity contribution in [1.82, 2.24) is 5.32 Å². The molecular weight excluding hydrogens is 230 g/mol. The molecule has 0 unspecified atom stereocenters. The van der Waals surface area contributed by atoms with Crippen LogP contribution in [0.3, 0.4) is 0 Å². The second-order valence-corrected chi connectivity index (χ2v) is 5.85. The van der Waals surface area contributed by atoms with E-state index >= 15 is 0 Å². The van der Waals surface area contributed by atoms with E-state index in [-0.39, 0.29) is 0 Å². The average Bonchev–Trinajstić information content (AvgIpc) is 3.25. The summed E-state index contributed by atoms with van der Waals surface area (Å²) in [5.74, 6) is 1.19. The zero-order chi connectivity index (χ0) is 13.8. The van der Waals surface area contributed by atoms with Crippen LogP contribution < -0.4 is 5.32 Å². The Morgan fingerprint density at radius 1 is 0.842 bits per heavy atom. The highest BCUT2D eigenvalue weighted by atomic mass is 15.0. The molecule has 2 aromatic carbocycles. The molecule has 1 aliphatic heterocycles. The van der Waals surface area contributed by atoms with E-state index < -0.39 is 0 Å². The van der Waals surface area contributed by atoms with Crippen molar-refractivity contribution in [3.63, 3.8) is 0 Å². The Morgan fingerprint density at radius 3 is 2.00 bits per heavy atom. The van der Waals surface area contributed by atoms with Gasteiger partial charge in [0.05, 0.1) is 0 Å². The third-order valence-corrected chi connectivity index (χ3v) is 3.45. The molecule has 1 aliphatic rings. The van der Waals surface area contributed by atoms with Crippen LogP contribution in [0.25, 0.3) is 10.8 Å². The van der Waals surface area contributed by atoms with Crippen LogP contribution in [0.1, 0.15) is 50.7 Å². The van der Waals surface area contributed by atoms with E-state index in [0.717, 1.165) is 0 Å². The molecule has 1 saturated heterocycles. The van der Waals surface area contributed by atoms with Crippen molar-refractivity contribution in [2.75, 3.05) is 13.1 Å². The van der Waals surface area contributed by atoms with Gasteiger partial charge < -0.3 is 5.32 Å². The van der Waals surface area contributed by atoms with Gasteiger partial charge in [-0.2, -0.15) is 0 Å². The van der Waals surface area contributed by atoms with E-state index in [1.807, 2.05) is 0 Å². The lowest BCUT2D eigenvalue weighted by Crippen LogP contribution is -1.99. The Kier molecular flexibility index (Phi) is 4.60. The molecule has 0 amide bonds. The fourth-order valence-corrected chi connectivity index (χ4v) is 2.46. The van der Waals surface area contributed by atoms with Crippen LogP contribution >= 0.6 is 0 Å². The Labute approximate surface area is 117 Å². The second-order valence-electron chi connectivity index (χ2n) is 5.85. The summed E-state index contributed by atoms with van der Waals surface area (Å²) >= 11 is 0. The number of benzene rings is 2. The van der Waals surface area contributed by atoms with Crippen molar-refractivity contribution in [3.8, 4) is 0 Å². The molecule has 0 aliphatic carbocycles. The van der Waals surface area contributed by atoms with E-state index in [1.54, 1.807) is 0 Å². The van der Waals surface area contributed by atoms with Crippen molar-refractivity contribution in [2.45, 2.75) is 39.5 Å². The minimum absolute atomic E-state index is 0.587. The Balaban J connectivity index is 0.000000390. The molecule has 0 spiro atoms. The zero-order valence-electron chi connectivity index (χ0n) is 12.5. The van der Waals surface area contributed by atoms with Gasteiger partial charge in [-0.05, 0) is 33.7 Å². The van der Waals surface area contributed by atoms with Gasteiger partial charge in [0, 0.05) is 13.1 Å². The molecule has 0 bridgehead atoms. The summed E-state index contributed by atoms with van der Waals surface area (Å²) in [7, 11) is 0. The molecule has 102 valence electrons. The molecular formula is C18H25N. The van der Waals surface area contributed by atoms with Crippen molar-refractivity contribution < 1.29 is 0 Å². The molecule has 1 nitrogen and oxygen atoms in total. The summed E-state index contributed by atoms with van der Waals surface area (Å²) in [6.45, 7) is 11.6. The van der Waals surface area contributed by atoms with Crippen LogP contribution in [-0.4, -0.2) is 13.1 Å².